The van der Waals surface area contributed by atoms with Gasteiger partial charge in [-0.3, -0.25) is 9.59 Å². The van der Waals surface area contributed by atoms with E-state index in [0.717, 1.165) is 78.3 Å². The Kier molecular flexibility index (Phi) is 19.2. The number of carbonyl (C=O) groups is 4. The smallest absolute Gasteiger partial charge is 0.345 e. The van der Waals surface area contributed by atoms with Gasteiger partial charge in [0.1, 0.15) is 0 Å². The maximum absolute atomic E-state index is 15.6. The van der Waals surface area contributed by atoms with Crippen LogP contribution in [0, 0.1) is 0 Å². The summed E-state index contributed by atoms with van der Waals surface area (Å²) in [5.74, 6) is 2.99. The van der Waals surface area contributed by atoms with Gasteiger partial charge in [0, 0.05) is 151 Å². The van der Waals surface area contributed by atoms with Gasteiger partial charge >= 0.3 is 12.1 Å². The molecule has 0 bridgehead atoms. The number of nitrogens with zero attached hydrogens (tertiary/aromatic N) is 17. The number of ether oxygens (including phenoxy) is 2. The number of anilines is 8. The minimum absolute atomic E-state index is 0.0907. The van der Waals surface area contributed by atoms with Crippen molar-refractivity contribution in [2.45, 2.75) is 12.8 Å². The van der Waals surface area contributed by atoms with Gasteiger partial charge in [0.05, 0.1) is 37.8 Å². The Hall–Kier alpha value is -8.66. The van der Waals surface area contributed by atoms with Crippen molar-refractivity contribution < 1.29 is 28.7 Å². The summed E-state index contributed by atoms with van der Waals surface area (Å²) in [6.07, 6.45) is 1.91. The number of carbonyl (C=O) groups excluding carboxylic acids is 4. The van der Waals surface area contributed by atoms with Crippen LogP contribution >= 0.6 is 0 Å². The molecule has 12 rings (SSSR count). The Bertz CT molecular complexity index is 3390. The molecule has 26 heteroatoms. The van der Waals surface area contributed by atoms with E-state index < -0.39 is 12.1 Å². The van der Waals surface area contributed by atoms with Gasteiger partial charge in [0.15, 0.2) is 11.6 Å². The Morgan fingerprint density at radius 3 is 1.13 bits per heavy atom. The Morgan fingerprint density at radius 1 is 0.393 bits per heavy atom. The summed E-state index contributed by atoms with van der Waals surface area (Å²) in [6.45, 7) is 16.8. The number of rotatable bonds is 12. The first kappa shape index (κ1) is 60.6. The van der Waals surface area contributed by atoms with E-state index in [9.17, 15) is 9.59 Å². The summed E-state index contributed by atoms with van der Waals surface area (Å²) in [6, 6.07) is 26.6. The molecule has 2 aromatic heterocycles. The van der Waals surface area contributed by atoms with Crippen molar-refractivity contribution in [2.24, 2.45) is 0 Å². The lowest BCUT2D eigenvalue weighted by Crippen LogP contribution is -2.54. The van der Waals surface area contributed by atoms with E-state index in [-0.39, 0.29) is 11.8 Å². The maximum atomic E-state index is 15.6. The third-order valence-corrected chi connectivity index (χ3v) is 17.1. The summed E-state index contributed by atoms with van der Waals surface area (Å²) >= 11 is 0. The van der Waals surface area contributed by atoms with Crippen molar-refractivity contribution in [3.8, 4) is 22.8 Å². The van der Waals surface area contributed by atoms with E-state index in [0.29, 0.717) is 172 Å². The van der Waals surface area contributed by atoms with Crippen molar-refractivity contribution in [2.75, 3.05) is 219 Å². The summed E-state index contributed by atoms with van der Waals surface area (Å²) < 4.78 is 11.4. The Balaban J connectivity index is 0.929. The molecule has 6 fully saturated rings. The van der Waals surface area contributed by atoms with E-state index in [1.807, 2.05) is 41.1 Å². The number of morpholine rings is 2. The molecule has 4 aromatic carbocycles. The van der Waals surface area contributed by atoms with Crippen LogP contribution in [-0.2, 0) is 9.47 Å². The highest BCUT2D eigenvalue weighted by Gasteiger charge is 2.33. The fraction of sp³-hybridized carbons (Fsp3) is 0.460. The molecule has 0 saturated carbocycles. The van der Waals surface area contributed by atoms with Gasteiger partial charge in [-0.25, -0.2) is 9.59 Å². The molecular weight excluding hydrogens is 1130 g/mol. The lowest BCUT2D eigenvalue weighted by molar-refractivity contribution is 0.0663. The van der Waals surface area contributed by atoms with Crippen LogP contribution in [0.15, 0.2) is 97.1 Å². The maximum Gasteiger partial charge on any atom is 0.345 e. The van der Waals surface area contributed by atoms with Gasteiger partial charge in [-0.05, 0) is 144 Å². The number of piperazine rings is 2. The molecule has 6 aromatic rings. The molecule has 0 atom stereocenters. The van der Waals surface area contributed by atoms with Crippen LogP contribution in [0.2, 0.25) is 0 Å². The molecule has 0 spiro atoms. The molecule has 6 saturated heterocycles. The van der Waals surface area contributed by atoms with E-state index in [1.165, 1.54) is 10.0 Å². The predicted octanol–water partition coefficient (Wildman–Crippen LogP) is 4.47. The topological polar surface area (TPSA) is 236 Å². The monoisotopic (exact) mass is 1210 g/mol. The molecule has 3 N–H and O–H groups in total. The summed E-state index contributed by atoms with van der Waals surface area (Å²) in [4.78, 5) is 108. The number of aromatic nitrogens is 6. The normalized spacial score (nSPS) is 18.5. The Morgan fingerprint density at radius 2 is 0.742 bits per heavy atom. The van der Waals surface area contributed by atoms with Crippen LogP contribution in [0.5, 0.6) is 0 Å². The second-order valence-corrected chi connectivity index (χ2v) is 23.4. The molecule has 6 aliphatic heterocycles. The highest BCUT2D eigenvalue weighted by atomic mass is 16.5. The lowest BCUT2D eigenvalue weighted by atomic mass is 10.1. The fourth-order valence-corrected chi connectivity index (χ4v) is 11.7. The molecule has 468 valence electrons. The van der Waals surface area contributed by atoms with Gasteiger partial charge in [-0.1, -0.05) is 0 Å². The van der Waals surface area contributed by atoms with E-state index >= 15 is 9.59 Å². The molecule has 6 aliphatic rings. The number of nitrogens with one attached hydrogen (secondary N) is 3. The SMILES string of the molecule is CN1CCN(C(=O)c2ccc(NC(=O)N(c3ccc(-c4nc(N5CCOCC5)nc(N5CCCN(C)CC5)n4)cc3)N(C(=O)Nc3ccc(C(=O)N4CCNCC4)cc3)c3ccc(-c4nc(N5CCOCC5)nc(N5CCCN(C)CC5)n4)cc3)cc2)CC1. The summed E-state index contributed by atoms with van der Waals surface area (Å²) in [7, 11) is 6.29. The molecule has 0 aliphatic carbocycles. The van der Waals surface area contributed by atoms with Crippen molar-refractivity contribution in [3.05, 3.63) is 108 Å². The zero-order chi connectivity index (χ0) is 61.2. The molecule has 0 unspecified atom stereocenters. The quantitative estimate of drug-likeness (QED) is 0.143. The van der Waals surface area contributed by atoms with Crippen LogP contribution in [0.4, 0.5) is 56.1 Å². The van der Waals surface area contributed by atoms with Crippen LogP contribution < -0.4 is 45.6 Å². The van der Waals surface area contributed by atoms with Crippen LogP contribution in [-0.4, -0.2) is 257 Å². The van der Waals surface area contributed by atoms with Gasteiger partial charge in [-0.15, -0.1) is 0 Å². The van der Waals surface area contributed by atoms with Gasteiger partial charge in [-0.2, -0.15) is 39.9 Å². The van der Waals surface area contributed by atoms with Gasteiger partial charge in [0.2, 0.25) is 23.8 Å². The molecule has 0 radical (unpaired) electrons. The highest BCUT2D eigenvalue weighted by molar-refractivity contribution is 6.13. The zero-order valence-corrected chi connectivity index (χ0v) is 51.2. The van der Waals surface area contributed by atoms with Crippen molar-refractivity contribution in [1.82, 2.24) is 59.7 Å². The zero-order valence-electron chi connectivity index (χ0n) is 51.2. The first-order valence-corrected chi connectivity index (χ1v) is 31.1. The van der Waals surface area contributed by atoms with Gasteiger partial charge < -0.3 is 69.5 Å². The number of hydrogen-bond donors (Lipinski definition) is 3. The molecule has 8 heterocycles. The first-order valence-electron chi connectivity index (χ1n) is 31.1. The summed E-state index contributed by atoms with van der Waals surface area (Å²) in [5, 5.41) is 12.0. The second kappa shape index (κ2) is 28.2. The second-order valence-electron chi connectivity index (χ2n) is 23.4. The first-order chi connectivity index (χ1) is 43.5. The van der Waals surface area contributed by atoms with Crippen LogP contribution in [0.1, 0.15) is 33.6 Å². The highest BCUT2D eigenvalue weighted by Crippen LogP contribution is 2.32. The van der Waals surface area contributed by atoms with E-state index in [1.54, 1.807) is 72.8 Å². The number of hydrazine groups is 1. The standard InChI is InChI=1S/C63H80N20O6/c1-73-24-4-26-78(36-32-73)58-67-54(69-60(71-58)80-38-42-88-43-39-80)46-10-18-52(19-11-46)82(62(86)65-50-14-6-48(7-15-50)56(84)76-28-22-64-23-29-76)83(63(87)66-51-16-8-49(9-17-51)57(85)77-34-30-75(3)31-35-77)53-20-12-47(13-21-53)55-68-59(79-27-5-25-74(2)33-37-79)72-61(70-55)81-40-44-89-45-41-81/h6-21,64H,4-5,22-45H2,1-3H3,(H,65,86)(H,66,87). The minimum atomic E-state index is -0.699. The lowest BCUT2D eigenvalue weighted by Gasteiger charge is -2.35. The number of amides is 6. The average Bonchev–Trinajstić information content (AvgIpc) is 2.82. The predicted molar refractivity (Wildman–Crippen MR) is 343 cm³/mol. The number of urea groups is 2. The fourth-order valence-electron chi connectivity index (χ4n) is 11.7. The number of hydrogen-bond acceptors (Lipinski definition) is 20. The van der Waals surface area contributed by atoms with Crippen LogP contribution in [0.25, 0.3) is 22.8 Å². The largest absolute Gasteiger partial charge is 0.378 e. The third kappa shape index (κ3) is 14.8. The number of benzene rings is 4. The van der Waals surface area contributed by atoms with E-state index in [4.69, 9.17) is 39.4 Å². The Labute approximate surface area is 519 Å². The molecular formula is C63H80N20O6. The van der Waals surface area contributed by atoms with E-state index in [2.05, 4.69) is 64.3 Å². The van der Waals surface area contributed by atoms with Crippen LogP contribution in [0.3, 0.4) is 0 Å². The molecule has 89 heavy (non-hydrogen) atoms. The average molecular weight is 1210 g/mol. The summed E-state index contributed by atoms with van der Waals surface area (Å²) in [5.41, 5.74) is 3.69. The van der Waals surface area contributed by atoms with Crippen molar-refractivity contribution in [3.63, 3.8) is 0 Å². The van der Waals surface area contributed by atoms with Crippen molar-refractivity contribution >= 4 is 70.4 Å². The molecule has 6 amide bonds. The van der Waals surface area contributed by atoms with Gasteiger partial charge in [0.25, 0.3) is 11.8 Å². The van der Waals surface area contributed by atoms with Crippen molar-refractivity contribution in [1.29, 1.82) is 0 Å². The minimum Gasteiger partial charge on any atom is -0.378 e. The number of likely N-dealkylation sites (N-methyl/N-ethyl adjacent to an activating group) is 3. The third-order valence-electron chi connectivity index (χ3n) is 17.1. The molecule has 26 nitrogen and oxygen atoms in total.